The number of benzene rings is 2. The first kappa shape index (κ1) is 14.3. The molecule has 0 heterocycles. The van der Waals surface area contributed by atoms with Crippen LogP contribution in [0.15, 0.2) is 48.5 Å². The fourth-order valence-electron chi connectivity index (χ4n) is 2.32. The number of rotatable bonds is 3. The van der Waals surface area contributed by atoms with Gasteiger partial charge in [-0.3, -0.25) is 4.79 Å². The topological polar surface area (TPSA) is 29.1 Å². The molecule has 0 aromatic heterocycles. The number of aryl methyl sites for hydroxylation is 2. The minimum atomic E-state index is -0.557. The van der Waals surface area contributed by atoms with Crippen molar-refractivity contribution < 1.29 is 4.79 Å². The average molecular weight is 267 g/mol. The zero-order valence-electron chi connectivity index (χ0n) is 12.5. The van der Waals surface area contributed by atoms with E-state index in [9.17, 15) is 4.79 Å². The Kier molecular flexibility index (Phi) is 3.93. The summed E-state index contributed by atoms with van der Waals surface area (Å²) in [6.07, 6.45) is 0. The summed E-state index contributed by atoms with van der Waals surface area (Å²) in [5.74, 6) is 0.00806. The molecule has 0 aliphatic rings. The second-order valence-corrected chi connectivity index (χ2v) is 5.82. The van der Waals surface area contributed by atoms with E-state index in [2.05, 4.69) is 11.4 Å². The van der Waals surface area contributed by atoms with Crippen LogP contribution in [0.4, 0.5) is 5.69 Å². The Morgan fingerprint density at radius 2 is 1.50 bits per heavy atom. The number of carbonyl (C=O) groups is 1. The van der Waals surface area contributed by atoms with Crippen molar-refractivity contribution in [3.63, 3.8) is 0 Å². The highest BCUT2D eigenvalue weighted by Crippen LogP contribution is 2.25. The molecular formula is C18H21NO. The third kappa shape index (κ3) is 3.08. The van der Waals surface area contributed by atoms with Gasteiger partial charge in [-0.15, -0.1) is 0 Å². The third-order valence-electron chi connectivity index (χ3n) is 3.54. The van der Waals surface area contributed by atoms with Gasteiger partial charge >= 0.3 is 0 Å². The minimum absolute atomic E-state index is 0.00806. The Hall–Kier alpha value is -2.09. The SMILES string of the molecule is Cc1cc(C)cc(NC(=O)C(C)(C)c2ccccc2)c1. The first-order chi connectivity index (χ1) is 9.39. The zero-order valence-corrected chi connectivity index (χ0v) is 12.5. The molecule has 2 nitrogen and oxygen atoms in total. The van der Waals surface area contributed by atoms with Crippen molar-refractivity contribution in [2.75, 3.05) is 5.32 Å². The van der Waals surface area contributed by atoms with E-state index < -0.39 is 5.41 Å². The largest absolute Gasteiger partial charge is 0.325 e. The summed E-state index contributed by atoms with van der Waals surface area (Å²) in [4.78, 5) is 12.5. The third-order valence-corrected chi connectivity index (χ3v) is 3.54. The summed E-state index contributed by atoms with van der Waals surface area (Å²) in [5, 5.41) is 3.02. The van der Waals surface area contributed by atoms with Crippen LogP contribution in [-0.2, 0) is 10.2 Å². The van der Waals surface area contributed by atoms with E-state index >= 15 is 0 Å². The highest BCUT2D eigenvalue weighted by Gasteiger charge is 2.29. The van der Waals surface area contributed by atoms with E-state index in [1.54, 1.807) is 0 Å². The average Bonchev–Trinajstić information content (AvgIpc) is 2.38. The van der Waals surface area contributed by atoms with Gasteiger partial charge in [0, 0.05) is 5.69 Å². The monoisotopic (exact) mass is 267 g/mol. The normalized spacial score (nSPS) is 11.2. The van der Waals surface area contributed by atoms with E-state index in [4.69, 9.17) is 0 Å². The standard InChI is InChI=1S/C18H21NO/c1-13-10-14(2)12-16(11-13)19-17(20)18(3,4)15-8-6-5-7-9-15/h5-12H,1-4H3,(H,19,20). The van der Waals surface area contributed by atoms with Gasteiger partial charge in [0.2, 0.25) is 5.91 Å². The van der Waals surface area contributed by atoms with Crippen LogP contribution in [0.5, 0.6) is 0 Å². The van der Waals surface area contributed by atoms with Crippen LogP contribution >= 0.6 is 0 Å². The summed E-state index contributed by atoms with van der Waals surface area (Å²) in [6.45, 7) is 7.95. The number of hydrogen-bond acceptors (Lipinski definition) is 1. The Bertz CT molecular complexity index is 594. The van der Waals surface area contributed by atoms with E-state index in [0.717, 1.165) is 22.4 Å². The molecule has 0 saturated carbocycles. The molecule has 0 atom stereocenters. The van der Waals surface area contributed by atoms with Crippen molar-refractivity contribution in [1.82, 2.24) is 0 Å². The smallest absolute Gasteiger partial charge is 0.234 e. The first-order valence-electron chi connectivity index (χ1n) is 6.85. The van der Waals surface area contributed by atoms with E-state index in [0.29, 0.717) is 0 Å². The molecule has 1 amide bonds. The maximum absolute atomic E-state index is 12.5. The van der Waals surface area contributed by atoms with Gasteiger partial charge < -0.3 is 5.32 Å². The van der Waals surface area contributed by atoms with Gasteiger partial charge in [-0.05, 0) is 56.5 Å². The number of anilines is 1. The highest BCUT2D eigenvalue weighted by molar-refractivity contribution is 5.98. The van der Waals surface area contributed by atoms with Crippen LogP contribution in [0, 0.1) is 13.8 Å². The van der Waals surface area contributed by atoms with Gasteiger partial charge in [0.25, 0.3) is 0 Å². The van der Waals surface area contributed by atoms with Crippen molar-refractivity contribution in [3.05, 3.63) is 65.2 Å². The number of nitrogens with one attached hydrogen (secondary N) is 1. The molecule has 0 radical (unpaired) electrons. The van der Waals surface area contributed by atoms with Gasteiger partial charge in [-0.25, -0.2) is 0 Å². The van der Waals surface area contributed by atoms with Crippen molar-refractivity contribution in [3.8, 4) is 0 Å². The van der Waals surface area contributed by atoms with Gasteiger partial charge in [-0.2, -0.15) is 0 Å². The van der Waals surface area contributed by atoms with E-state index in [1.807, 2.05) is 70.2 Å². The van der Waals surface area contributed by atoms with Crippen molar-refractivity contribution in [2.45, 2.75) is 33.1 Å². The molecule has 0 bridgehead atoms. The summed E-state index contributed by atoms with van der Waals surface area (Å²) in [6, 6.07) is 15.9. The molecule has 0 unspecified atom stereocenters. The van der Waals surface area contributed by atoms with Crippen molar-refractivity contribution >= 4 is 11.6 Å². The maximum atomic E-state index is 12.5. The van der Waals surface area contributed by atoms with Crippen LogP contribution in [-0.4, -0.2) is 5.91 Å². The van der Waals surface area contributed by atoms with Crippen molar-refractivity contribution in [2.24, 2.45) is 0 Å². The first-order valence-corrected chi connectivity index (χ1v) is 6.85. The molecule has 0 aliphatic heterocycles. The Labute approximate surface area is 120 Å². The second kappa shape index (κ2) is 5.49. The lowest BCUT2D eigenvalue weighted by molar-refractivity contribution is -0.120. The zero-order chi connectivity index (χ0) is 14.8. The molecule has 2 aromatic rings. The van der Waals surface area contributed by atoms with Crippen LogP contribution in [0.3, 0.4) is 0 Å². The van der Waals surface area contributed by atoms with Crippen LogP contribution in [0.1, 0.15) is 30.5 Å². The molecular weight excluding hydrogens is 246 g/mol. The van der Waals surface area contributed by atoms with Gasteiger partial charge in [0.1, 0.15) is 0 Å². The lowest BCUT2D eigenvalue weighted by Gasteiger charge is -2.24. The molecule has 0 fully saturated rings. The summed E-state index contributed by atoms with van der Waals surface area (Å²) < 4.78 is 0. The van der Waals surface area contributed by atoms with E-state index in [-0.39, 0.29) is 5.91 Å². The van der Waals surface area contributed by atoms with Crippen molar-refractivity contribution in [1.29, 1.82) is 0 Å². The predicted octanol–water partition coefficient (Wildman–Crippen LogP) is 4.22. The molecule has 0 spiro atoms. The highest BCUT2D eigenvalue weighted by atomic mass is 16.2. The number of amides is 1. The summed E-state index contributed by atoms with van der Waals surface area (Å²) in [7, 11) is 0. The number of hydrogen-bond donors (Lipinski definition) is 1. The number of carbonyl (C=O) groups excluding carboxylic acids is 1. The maximum Gasteiger partial charge on any atom is 0.234 e. The van der Waals surface area contributed by atoms with E-state index in [1.165, 1.54) is 0 Å². The molecule has 0 aliphatic carbocycles. The van der Waals surface area contributed by atoms with Gasteiger partial charge in [0.15, 0.2) is 0 Å². The quantitative estimate of drug-likeness (QED) is 0.886. The van der Waals surface area contributed by atoms with Crippen LogP contribution in [0.25, 0.3) is 0 Å². The second-order valence-electron chi connectivity index (χ2n) is 5.82. The van der Waals surface area contributed by atoms with Crippen LogP contribution in [0.2, 0.25) is 0 Å². The fourth-order valence-corrected chi connectivity index (χ4v) is 2.32. The molecule has 1 N–H and O–H groups in total. The minimum Gasteiger partial charge on any atom is -0.325 e. The summed E-state index contributed by atoms with van der Waals surface area (Å²) >= 11 is 0. The summed E-state index contributed by atoms with van der Waals surface area (Å²) in [5.41, 5.74) is 3.62. The van der Waals surface area contributed by atoms with Crippen LogP contribution < -0.4 is 5.32 Å². The Balaban J connectivity index is 2.23. The molecule has 104 valence electrons. The van der Waals surface area contributed by atoms with Gasteiger partial charge in [0.05, 0.1) is 5.41 Å². The molecule has 2 rings (SSSR count). The molecule has 0 saturated heterocycles. The Morgan fingerprint density at radius 1 is 0.950 bits per heavy atom. The fraction of sp³-hybridized carbons (Fsp3) is 0.278. The van der Waals surface area contributed by atoms with Gasteiger partial charge in [-0.1, -0.05) is 36.4 Å². The molecule has 20 heavy (non-hydrogen) atoms. The lowest BCUT2D eigenvalue weighted by Crippen LogP contribution is -2.34. The predicted molar refractivity (Wildman–Crippen MR) is 84.0 cm³/mol. The molecule has 2 aromatic carbocycles. The molecule has 2 heteroatoms. The lowest BCUT2D eigenvalue weighted by atomic mass is 9.83. The Morgan fingerprint density at radius 3 is 2.05 bits per heavy atom.